The molecule has 0 bridgehead atoms. The van der Waals surface area contributed by atoms with Gasteiger partial charge in [0.15, 0.2) is 0 Å². The van der Waals surface area contributed by atoms with Crippen LogP contribution < -0.4 is 9.47 Å². The second-order valence-corrected chi connectivity index (χ2v) is 10.2. The fraction of sp³-hybridized carbons (Fsp3) is 0.538. The molecule has 180 valence electrons. The molecule has 2 aromatic rings. The number of rotatable bonds is 9. The van der Waals surface area contributed by atoms with E-state index in [9.17, 15) is 15.2 Å². The molecule has 0 radical (unpaired) electrons. The van der Waals surface area contributed by atoms with E-state index in [2.05, 4.69) is 20.8 Å². The molecule has 1 saturated heterocycles. The Balaban J connectivity index is 1.70. The van der Waals surface area contributed by atoms with Crippen molar-refractivity contribution in [1.82, 2.24) is 0 Å². The van der Waals surface area contributed by atoms with E-state index in [0.717, 1.165) is 59.6 Å². The fourth-order valence-corrected chi connectivity index (χ4v) is 4.73. The Morgan fingerprint density at radius 1 is 1.09 bits per heavy atom. The molecule has 1 heterocycles. The highest BCUT2D eigenvalue weighted by Gasteiger charge is 2.33. The maximum absolute atomic E-state index is 11.0. The van der Waals surface area contributed by atoms with Crippen molar-refractivity contribution in [1.29, 1.82) is 0 Å². The van der Waals surface area contributed by atoms with Gasteiger partial charge in [-0.2, -0.15) is 0 Å². The first kappa shape index (κ1) is 25.0. The zero-order valence-corrected chi connectivity index (χ0v) is 20.3. The number of ether oxygens (including phenoxy) is 2. The molecule has 0 amide bonds. The van der Waals surface area contributed by atoms with Gasteiger partial charge in [-0.3, -0.25) is 10.1 Å². The summed E-state index contributed by atoms with van der Waals surface area (Å²) >= 11 is 0. The molecule has 1 atom stereocenters. The number of nitro groups is 1. The van der Waals surface area contributed by atoms with Crippen LogP contribution in [-0.4, -0.2) is 54.0 Å². The van der Waals surface area contributed by atoms with Crippen LogP contribution in [0.15, 0.2) is 42.5 Å². The van der Waals surface area contributed by atoms with Crippen molar-refractivity contribution in [2.75, 3.05) is 33.4 Å². The number of hydrogen-bond donors (Lipinski definition) is 1. The van der Waals surface area contributed by atoms with Crippen LogP contribution in [0, 0.1) is 10.1 Å². The number of nitro benzene ring substituents is 1. The van der Waals surface area contributed by atoms with Gasteiger partial charge in [0, 0.05) is 23.3 Å². The lowest BCUT2D eigenvalue weighted by atomic mass is 9.86. The molecule has 1 N–H and O–H groups in total. The highest BCUT2D eigenvalue weighted by Crippen LogP contribution is 2.34. The van der Waals surface area contributed by atoms with Crippen molar-refractivity contribution in [3.05, 3.63) is 63.7 Å². The third-order valence-electron chi connectivity index (χ3n) is 6.45. The fourth-order valence-electron chi connectivity index (χ4n) is 4.73. The number of hydrogen-bond acceptors (Lipinski definition) is 5. The van der Waals surface area contributed by atoms with Gasteiger partial charge in [0.1, 0.15) is 37.3 Å². The number of non-ortho nitro benzene ring substituents is 1. The van der Waals surface area contributed by atoms with Crippen LogP contribution in [0.2, 0.25) is 0 Å². The van der Waals surface area contributed by atoms with E-state index in [1.807, 2.05) is 30.3 Å². The van der Waals surface area contributed by atoms with Gasteiger partial charge >= 0.3 is 0 Å². The molecule has 0 unspecified atom stereocenters. The number of quaternary nitrogens is 1. The van der Waals surface area contributed by atoms with Gasteiger partial charge in [-0.15, -0.1) is 0 Å². The number of aliphatic hydroxyl groups excluding tert-OH is 1. The quantitative estimate of drug-likeness (QED) is 0.331. The molecule has 33 heavy (non-hydrogen) atoms. The van der Waals surface area contributed by atoms with E-state index >= 15 is 0 Å². The van der Waals surface area contributed by atoms with Crippen molar-refractivity contribution in [3.8, 4) is 11.5 Å². The first-order valence-corrected chi connectivity index (χ1v) is 11.7. The molecule has 1 aliphatic rings. The van der Waals surface area contributed by atoms with Crippen LogP contribution in [0.25, 0.3) is 0 Å². The molecule has 7 heteroatoms. The van der Waals surface area contributed by atoms with Crippen molar-refractivity contribution >= 4 is 5.69 Å². The van der Waals surface area contributed by atoms with Gasteiger partial charge in [0.2, 0.25) is 0 Å². The number of aliphatic hydroxyl groups is 1. The van der Waals surface area contributed by atoms with Crippen LogP contribution in [0.4, 0.5) is 5.69 Å². The first-order chi connectivity index (χ1) is 15.6. The Bertz CT molecular complexity index is 931. The van der Waals surface area contributed by atoms with E-state index in [1.165, 1.54) is 6.42 Å². The number of nitrogens with zero attached hydrogens (tertiary/aromatic N) is 2. The van der Waals surface area contributed by atoms with Crippen molar-refractivity contribution in [3.63, 3.8) is 0 Å². The summed E-state index contributed by atoms with van der Waals surface area (Å²) < 4.78 is 12.3. The molecule has 2 aromatic carbocycles. The van der Waals surface area contributed by atoms with E-state index in [-0.39, 0.29) is 22.6 Å². The van der Waals surface area contributed by atoms with Gasteiger partial charge in [-0.25, -0.2) is 0 Å². The average Bonchev–Trinajstić information content (AvgIpc) is 2.78. The van der Waals surface area contributed by atoms with Crippen LogP contribution >= 0.6 is 0 Å². The highest BCUT2D eigenvalue weighted by atomic mass is 16.6. The molecule has 3 rings (SSSR count). The number of piperidine rings is 1. The maximum Gasteiger partial charge on any atom is 0.269 e. The van der Waals surface area contributed by atoms with Gasteiger partial charge in [-0.05, 0) is 55.0 Å². The minimum Gasteiger partial charge on any atom is -0.497 e. The third-order valence-corrected chi connectivity index (χ3v) is 6.45. The number of benzene rings is 2. The second-order valence-electron chi connectivity index (χ2n) is 10.2. The van der Waals surface area contributed by atoms with Crippen LogP contribution in [-0.2, 0) is 12.0 Å². The smallest absolute Gasteiger partial charge is 0.269 e. The summed E-state index contributed by atoms with van der Waals surface area (Å²) in [5.74, 6) is 1.55. The molecule has 7 nitrogen and oxygen atoms in total. The molecule has 0 saturated carbocycles. The maximum atomic E-state index is 11.0. The normalized spacial score (nSPS) is 16.8. The Labute approximate surface area is 196 Å². The summed E-state index contributed by atoms with van der Waals surface area (Å²) in [4.78, 5) is 10.6. The Morgan fingerprint density at radius 3 is 2.33 bits per heavy atom. The first-order valence-electron chi connectivity index (χ1n) is 11.7. The summed E-state index contributed by atoms with van der Waals surface area (Å²) in [6.07, 6.45) is 2.82. The SMILES string of the molecule is COc1ccc(OC[C@@H](O)C[N+]2(Cc3ccc([N+](=O)[O-])cc3)CCCCC2)c(C(C)(C)C)c1. The Hall–Kier alpha value is -2.64. The predicted molar refractivity (Wildman–Crippen MR) is 129 cm³/mol. The van der Waals surface area contributed by atoms with E-state index in [1.54, 1.807) is 19.2 Å². The minimum absolute atomic E-state index is 0.103. The minimum atomic E-state index is -0.615. The van der Waals surface area contributed by atoms with E-state index in [0.29, 0.717) is 6.54 Å². The molecule has 1 aliphatic heterocycles. The molecular weight excluding hydrogens is 420 g/mol. The Morgan fingerprint density at radius 2 is 1.76 bits per heavy atom. The highest BCUT2D eigenvalue weighted by molar-refractivity contribution is 5.44. The standard InChI is InChI=1S/C26H37N2O5/c1-26(2,3)24-16-23(32-4)12-13-25(24)33-19-22(29)18-28(14-6-5-7-15-28)17-20-8-10-21(11-9-20)27(30)31/h8-13,16,22,29H,5-7,14-15,17-19H2,1-4H3/q+1/t22-/m0/s1. The van der Waals surface area contributed by atoms with E-state index in [4.69, 9.17) is 9.47 Å². The zero-order chi connectivity index (χ0) is 24.1. The van der Waals surface area contributed by atoms with Gasteiger partial charge in [-0.1, -0.05) is 20.8 Å². The summed E-state index contributed by atoms with van der Waals surface area (Å²) in [6, 6.07) is 12.6. The zero-order valence-electron chi connectivity index (χ0n) is 20.3. The van der Waals surface area contributed by atoms with Crippen LogP contribution in [0.1, 0.15) is 51.2 Å². The number of methoxy groups -OCH3 is 1. The lowest BCUT2D eigenvalue weighted by Crippen LogP contribution is -2.55. The molecular formula is C26H37N2O5+. The topological polar surface area (TPSA) is 81.8 Å². The largest absolute Gasteiger partial charge is 0.497 e. The molecule has 0 aliphatic carbocycles. The second kappa shape index (κ2) is 10.5. The van der Waals surface area contributed by atoms with Gasteiger partial charge in [0.25, 0.3) is 5.69 Å². The molecule has 0 aromatic heterocycles. The van der Waals surface area contributed by atoms with Gasteiger partial charge < -0.3 is 19.1 Å². The third kappa shape index (κ3) is 6.68. The van der Waals surface area contributed by atoms with Crippen molar-refractivity contribution in [2.24, 2.45) is 0 Å². The average molecular weight is 458 g/mol. The summed E-state index contributed by atoms with van der Waals surface area (Å²) in [5.41, 5.74) is 2.08. The van der Waals surface area contributed by atoms with Crippen molar-refractivity contribution in [2.45, 2.75) is 58.1 Å². The monoisotopic (exact) mass is 457 g/mol. The molecule has 1 fully saturated rings. The van der Waals surface area contributed by atoms with Crippen LogP contribution in [0.3, 0.4) is 0 Å². The lowest BCUT2D eigenvalue weighted by Gasteiger charge is -2.43. The van der Waals surface area contributed by atoms with Gasteiger partial charge in [0.05, 0.1) is 25.1 Å². The summed E-state index contributed by atoms with van der Waals surface area (Å²) in [6.45, 7) is 9.93. The lowest BCUT2D eigenvalue weighted by molar-refractivity contribution is -0.947. The Kier molecular flexibility index (Phi) is 7.97. The molecule has 0 spiro atoms. The van der Waals surface area contributed by atoms with E-state index < -0.39 is 6.10 Å². The summed E-state index contributed by atoms with van der Waals surface area (Å²) in [5, 5.41) is 21.9. The van der Waals surface area contributed by atoms with Crippen LogP contribution in [0.5, 0.6) is 11.5 Å². The number of likely N-dealkylation sites (tertiary alicyclic amines) is 1. The van der Waals surface area contributed by atoms with Crippen molar-refractivity contribution < 1.29 is 24.0 Å². The summed E-state index contributed by atoms with van der Waals surface area (Å²) in [7, 11) is 1.65. The predicted octanol–water partition coefficient (Wildman–Crippen LogP) is 4.84.